The number of carboxylic acids is 1. The molecule has 0 aliphatic rings. The number of benzene rings is 2. The molecular weight excluding hydrogens is 398 g/mol. The molecule has 0 saturated heterocycles. The Bertz CT molecular complexity index is 1240. The van der Waals surface area contributed by atoms with E-state index < -0.39 is 32.0 Å². The average Bonchev–Trinajstić information content (AvgIpc) is 2.91. The summed E-state index contributed by atoms with van der Waals surface area (Å²) in [5, 5.41) is 11.3. The van der Waals surface area contributed by atoms with Crippen LogP contribution in [0.1, 0.15) is 16.1 Å². The van der Waals surface area contributed by atoms with Crippen LogP contribution in [-0.2, 0) is 17.1 Å². The highest BCUT2D eigenvalue weighted by atomic mass is 32.2. The van der Waals surface area contributed by atoms with E-state index in [4.69, 9.17) is 4.74 Å². The summed E-state index contributed by atoms with van der Waals surface area (Å²) in [5.74, 6) is -1.65. The standard InChI is InChI=1S/C19H18N3O6S/c1-12-17(18(23)22(21(12)2)13-7-5-4-6-8-13)20-29(26,27)14-9-10-16(28-3)15(11-14)19(24)25/h4-11H,1-3H3,(H,24,25)/q-1/p-1. The Hall–Kier alpha value is -3.53. The third-order valence-corrected chi connectivity index (χ3v) is 5.70. The lowest BCUT2D eigenvalue weighted by Gasteiger charge is -2.21. The number of rotatable bonds is 6. The average molecular weight is 415 g/mol. The summed E-state index contributed by atoms with van der Waals surface area (Å²) in [6.07, 6.45) is 0. The fourth-order valence-electron chi connectivity index (χ4n) is 2.84. The molecular formula is C19H17N3O6S-2. The highest BCUT2D eigenvalue weighted by molar-refractivity contribution is 7.94. The fraction of sp³-hybridized carbons (Fsp3) is 0.158. The van der Waals surface area contributed by atoms with Crippen LogP contribution in [0.3, 0.4) is 0 Å². The lowest BCUT2D eigenvalue weighted by molar-refractivity contribution is -0.255. The Morgan fingerprint density at radius 2 is 1.79 bits per heavy atom. The molecule has 0 N–H and O–H groups in total. The van der Waals surface area contributed by atoms with Gasteiger partial charge in [0.25, 0.3) is 5.56 Å². The zero-order chi connectivity index (χ0) is 21.3. The van der Waals surface area contributed by atoms with Gasteiger partial charge in [0.05, 0.1) is 23.7 Å². The molecule has 10 heteroatoms. The Kier molecular flexibility index (Phi) is 5.21. The zero-order valence-electron chi connectivity index (χ0n) is 15.8. The number of aromatic nitrogens is 2. The van der Waals surface area contributed by atoms with Gasteiger partial charge in [-0.15, -0.1) is 0 Å². The third kappa shape index (κ3) is 3.61. The van der Waals surface area contributed by atoms with Crippen molar-refractivity contribution in [1.82, 2.24) is 9.36 Å². The summed E-state index contributed by atoms with van der Waals surface area (Å²) in [6, 6.07) is 11.9. The van der Waals surface area contributed by atoms with Crippen molar-refractivity contribution in [3.8, 4) is 11.4 Å². The van der Waals surface area contributed by atoms with Crippen molar-refractivity contribution in [2.24, 2.45) is 7.05 Å². The van der Waals surface area contributed by atoms with Crippen LogP contribution in [-0.4, -0.2) is 30.9 Å². The Morgan fingerprint density at radius 1 is 1.14 bits per heavy atom. The van der Waals surface area contributed by atoms with E-state index >= 15 is 0 Å². The third-order valence-electron chi connectivity index (χ3n) is 4.42. The van der Waals surface area contributed by atoms with Gasteiger partial charge in [0.15, 0.2) is 0 Å². The second-order valence-electron chi connectivity index (χ2n) is 6.13. The summed E-state index contributed by atoms with van der Waals surface area (Å²) in [6.45, 7) is 1.57. The maximum Gasteiger partial charge on any atom is 0.257 e. The molecule has 1 aromatic heterocycles. The van der Waals surface area contributed by atoms with Crippen LogP contribution in [0.5, 0.6) is 5.75 Å². The van der Waals surface area contributed by atoms with Gasteiger partial charge in [-0.1, -0.05) is 18.2 Å². The first kappa shape index (κ1) is 20.2. The van der Waals surface area contributed by atoms with Gasteiger partial charge in [0, 0.05) is 18.3 Å². The zero-order valence-corrected chi connectivity index (χ0v) is 16.6. The molecule has 0 bridgehead atoms. The van der Waals surface area contributed by atoms with Crippen molar-refractivity contribution in [1.29, 1.82) is 0 Å². The second-order valence-corrected chi connectivity index (χ2v) is 7.73. The number of carboxylic acid groups (broad SMARTS) is 1. The summed E-state index contributed by atoms with van der Waals surface area (Å²) in [7, 11) is -1.52. The van der Waals surface area contributed by atoms with Gasteiger partial charge >= 0.3 is 0 Å². The summed E-state index contributed by atoms with van der Waals surface area (Å²) in [5.41, 5.74) is -0.437. The first-order valence-electron chi connectivity index (χ1n) is 8.39. The maximum atomic E-state index is 12.9. The summed E-state index contributed by atoms with van der Waals surface area (Å²) in [4.78, 5) is 23.7. The second kappa shape index (κ2) is 7.47. The normalized spacial score (nSPS) is 11.3. The molecule has 29 heavy (non-hydrogen) atoms. The van der Waals surface area contributed by atoms with Crippen molar-refractivity contribution >= 4 is 21.7 Å². The van der Waals surface area contributed by atoms with Crippen LogP contribution in [0.15, 0.2) is 58.2 Å². The van der Waals surface area contributed by atoms with Crippen LogP contribution in [0.2, 0.25) is 0 Å². The number of ether oxygens (including phenoxy) is 1. The molecule has 1 heterocycles. The Morgan fingerprint density at radius 3 is 2.38 bits per heavy atom. The number of aromatic carboxylic acids is 1. The van der Waals surface area contributed by atoms with Crippen molar-refractivity contribution < 1.29 is 23.1 Å². The molecule has 152 valence electrons. The van der Waals surface area contributed by atoms with E-state index in [2.05, 4.69) is 4.72 Å². The molecule has 3 rings (SSSR count). The minimum atomic E-state index is -4.37. The fourth-order valence-corrected chi connectivity index (χ4v) is 3.90. The van der Waals surface area contributed by atoms with Gasteiger partial charge in [0.2, 0.25) is 0 Å². The molecule has 0 unspecified atom stereocenters. The lowest BCUT2D eigenvalue weighted by atomic mass is 10.2. The summed E-state index contributed by atoms with van der Waals surface area (Å²) >= 11 is 0. The van der Waals surface area contributed by atoms with Crippen LogP contribution >= 0.6 is 0 Å². The number of sulfonamides is 1. The van der Waals surface area contributed by atoms with Gasteiger partial charge in [-0.05, 0) is 42.9 Å². The van der Waals surface area contributed by atoms with Crippen LogP contribution in [0, 0.1) is 6.92 Å². The number of carbonyl (C=O) groups is 1. The molecule has 0 fully saturated rings. The van der Waals surface area contributed by atoms with E-state index in [1.165, 1.54) is 22.5 Å². The van der Waals surface area contributed by atoms with E-state index in [9.17, 15) is 23.1 Å². The molecule has 9 nitrogen and oxygen atoms in total. The van der Waals surface area contributed by atoms with Gasteiger partial charge in [0.1, 0.15) is 15.8 Å². The van der Waals surface area contributed by atoms with E-state index in [-0.39, 0.29) is 11.4 Å². The van der Waals surface area contributed by atoms with Crippen molar-refractivity contribution in [2.45, 2.75) is 11.8 Å². The number of carbonyl (C=O) groups excluding carboxylic acids is 1. The Labute approximate surface area is 166 Å². The number of hydrogen-bond donors (Lipinski definition) is 0. The van der Waals surface area contributed by atoms with Crippen molar-refractivity contribution in [2.75, 3.05) is 7.11 Å². The van der Waals surface area contributed by atoms with Gasteiger partial charge in [-0.25, -0.2) is 13.1 Å². The molecule has 0 radical (unpaired) electrons. The molecule has 3 aromatic rings. The monoisotopic (exact) mass is 415 g/mol. The van der Waals surface area contributed by atoms with E-state index in [1.54, 1.807) is 44.3 Å². The number of para-hydroxylation sites is 1. The van der Waals surface area contributed by atoms with Crippen molar-refractivity contribution in [3.05, 3.63) is 74.9 Å². The highest BCUT2D eigenvalue weighted by Gasteiger charge is 2.16. The quantitative estimate of drug-likeness (QED) is 0.597. The highest BCUT2D eigenvalue weighted by Crippen LogP contribution is 2.31. The van der Waals surface area contributed by atoms with Crippen LogP contribution in [0.25, 0.3) is 10.4 Å². The minimum Gasteiger partial charge on any atom is -0.567 e. The van der Waals surface area contributed by atoms with Crippen LogP contribution < -0.4 is 15.4 Å². The molecule has 2 aromatic carbocycles. The maximum absolute atomic E-state index is 12.9. The largest absolute Gasteiger partial charge is 0.567 e. The predicted octanol–water partition coefficient (Wildman–Crippen LogP) is 1.25. The van der Waals surface area contributed by atoms with E-state index in [0.717, 1.165) is 12.1 Å². The van der Waals surface area contributed by atoms with Crippen molar-refractivity contribution in [3.63, 3.8) is 0 Å². The lowest BCUT2D eigenvalue weighted by Crippen LogP contribution is -2.23. The molecule has 0 spiro atoms. The summed E-state index contributed by atoms with van der Waals surface area (Å²) < 4.78 is 36.9. The first-order chi connectivity index (χ1) is 13.7. The first-order valence-corrected chi connectivity index (χ1v) is 9.83. The van der Waals surface area contributed by atoms with Crippen LogP contribution in [0.4, 0.5) is 5.69 Å². The van der Waals surface area contributed by atoms with E-state index in [1.807, 2.05) is 0 Å². The molecule has 0 saturated carbocycles. The number of hydrogen-bond acceptors (Lipinski definition) is 6. The van der Waals surface area contributed by atoms with Gasteiger partial charge < -0.3 is 19.4 Å². The predicted molar refractivity (Wildman–Crippen MR) is 103 cm³/mol. The minimum absolute atomic E-state index is 0.0497. The Balaban J connectivity index is 2.08. The molecule has 0 aliphatic carbocycles. The SMILES string of the molecule is COc1ccc(S(=O)(=O)[N-]c2c(C)n(C)n(-c3ccccc3)c2=O)cc1C(=O)[O-]. The molecule has 0 atom stereocenters. The topological polar surface area (TPSA) is 125 Å². The number of methoxy groups -OCH3 is 1. The molecule has 0 amide bonds. The smallest absolute Gasteiger partial charge is 0.257 e. The molecule has 0 aliphatic heterocycles. The van der Waals surface area contributed by atoms with Gasteiger partial charge in [-0.3, -0.25) is 9.48 Å². The van der Waals surface area contributed by atoms with Gasteiger partial charge in [-0.2, -0.15) is 0 Å². The van der Waals surface area contributed by atoms with E-state index in [0.29, 0.717) is 11.4 Å². The number of nitrogens with zero attached hydrogens (tertiary/aromatic N) is 3.